The van der Waals surface area contributed by atoms with Gasteiger partial charge in [-0.25, -0.2) is 9.97 Å². The molecular formula is C22H20F3N5O2. The van der Waals surface area contributed by atoms with Gasteiger partial charge in [0.2, 0.25) is 5.89 Å². The second-order valence-electron chi connectivity index (χ2n) is 8.27. The highest BCUT2D eigenvalue weighted by molar-refractivity contribution is 5.98. The molecule has 0 radical (unpaired) electrons. The van der Waals surface area contributed by atoms with Gasteiger partial charge in [0.1, 0.15) is 17.8 Å². The van der Waals surface area contributed by atoms with Gasteiger partial charge in [-0.15, -0.1) is 0 Å². The van der Waals surface area contributed by atoms with Crippen LogP contribution in [0.5, 0.6) is 0 Å². The van der Waals surface area contributed by atoms with Crippen LogP contribution in [0.1, 0.15) is 35.3 Å². The van der Waals surface area contributed by atoms with Crippen molar-refractivity contribution in [1.82, 2.24) is 19.9 Å². The Balaban J connectivity index is 1.37. The number of pyridine rings is 2. The van der Waals surface area contributed by atoms with Crippen LogP contribution >= 0.6 is 0 Å². The van der Waals surface area contributed by atoms with E-state index in [4.69, 9.17) is 4.42 Å². The molecule has 3 aromatic heterocycles. The summed E-state index contributed by atoms with van der Waals surface area (Å²) in [4.78, 5) is 27.7. The van der Waals surface area contributed by atoms with Crippen LogP contribution in [0.3, 0.4) is 0 Å². The van der Waals surface area contributed by atoms with Crippen LogP contribution in [-0.4, -0.2) is 44.4 Å². The maximum absolute atomic E-state index is 13.5. The highest BCUT2D eigenvalue weighted by Gasteiger charge is 2.53. The molecule has 166 valence electrons. The summed E-state index contributed by atoms with van der Waals surface area (Å²) in [5.41, 5.74) is -0.446. The molecule has 1 saturated heterocycles. The molecule has 7 nitrogen and oxygen atoms in total. The summed E-state index contributed by atoms with van der Waals surface area (Å²) >= 11 is 0. The lowest BCUT2D eigenvalue weighted by Gasteiger charge is -2.39. The quantitative estimate of drug-likeness (QED) is 0.635. The van der Waals surface area contributed by atoms with Crippen LogP contribution in [0.25, 0.3) is 11.5 Å². The standard InChI is InChI=1S/C22H20F3N5O2/c23-22(24,25)15-3-4-17(28-11-15)29-13-21-6-5-14(10-21)12-30(21)20(31)18-16(2-1-7-26-18)19-27-8-9-32-19/h1-4,7-9,11,14H,5-6,10,12-13H2,(H,28,29). The number of nitrogens with zero attached hydrogens (tertiary/aromatic N) is 4. The minimum absolute atomic E-state index is 0.205. The van der Waals surface area contributed by atoms with Crippen LogP contribution in [-0.2, 0) is 6.18 Å². The third-order valence-electron chi connectivity index (χ3n) is 6.31. The normalized spacial score (nSPS) is 22.3. The van der Waals surface area contributed by atoms with Gasteiger partial charge in [-0.1, -0.05) is 0 Å². The summed E-state index contributed by atoms with van der Waals surface area (Å²) in [6, 6.07) is 5.78. The van der Waals surface area contributed by atoms with Gasteiger partial charge in [-0.05, 0) is 49.4 Å². The topological polar surface area (TPSA) is 84.2 Å². The molecule has 2 atom stereocenters. The van der Waals surface area contributed by atoms with E-state index in [2.05, 4.69) is 20.3 Å². The second kappa shape index (κ2) is 7.61. The minimum atomic E-state index is -4.43. The first-order chi connectivity index (χ1) is 15.4. The molecule has 1 aliphatic carbocycles. The Morgan fingerprint density at radius 3 is 2.78 bits per heavy atom. The zero-order chi connectivity index (χ0) is 22.3. The summed E-state index contributed by atoms with van der Waals surface area (Å²) in [7, 11) is 0. The van der Waals surface area contributed by atoms with E-state index in [1.165, 1.54) is 18.5 Å². The fourth-order valence-electron chi connectivity index (χ4n) is 4.78. The van der Waals surface area contributed by atoms with E-state index >= 15 is 0 Å². The molecule has 0 aromatic carbocycles. The molecule has 1 saturated carbocycles. The van der Waals surface area contributed by atoms with Crippen molar-refractivity contribution in [3.63, 3.8) is 0 Å². The molecule has 1 N–H and O–H groups in total. The third kappa shape index (κ3) is 3.59. The Morgan fingerprint density at radius 2 is 2.09 bits per heavy atom. The minimum Gasteiger partial charge on any atom is -0.444 e. The smallest absolute Gasteiger partial charge is 0.417 e. The summed E-state index contributed by atoms with van der Waals surface area (Å²) in [6.07, 6.45) is 3.53. The van der Waals surface area contributed by atoms with Gasteiger partial charge >= 0.3 is 6.18 Å². The molecule has 2 fully saturated rings. The number of alkyl halides is 3. The van der Waals surface area contributed by atoms with Crippen molar-refractivity contribution < 1.29 is 22.4 Å². The van der Waals surface area contributed by atoms with Crippen molar-refractivity contribution >= 4 is 11.7 Å². The van der Waals surface area contributed by atoms with Crippen molar-refractivity contribution in [2.75, 3.05) is 18.4 Å². The average molecular weight is 443 g/mol. The lowest BCUT2D eigenvalue weighted by molar-refractivity contribution is -0.137. The van der Waals surface area contributed by atoms with Crippen LogP contribution in [0.15, 0.2) is 53.5 Å². The van der Waals surface area contributed by atoms with Crippen LogP contribution < -0.4 is 5.32 Å². The van der Waals surface area contributed by atoms with Gasteiger partial charge < -0.3 is 14.6 Å². The summed E-state index contributed by atoms with van der Waals surface area (Å²) in [5.74, 6) is 0.846. The lowest BCUT2D eigenvalue weighted by Crippen LogP contribution is -2.52. The Bertz CT molecular complexity index is 1120. The van der Waals surface area contributed by atoms with E-state index in [1.807, 2.05) is 4.90 Å². The van der Waals surface area contributed by atoms with Crippen LogP contribution in [0, 0.1) is 5.92 Å². The number of fused-ring (bicyclic) bond motifs is 2. The van der Waals surface area contributed by atoms with Gasteiger partial charge in [0, 0.05) is 25.5 Å². The number of likely N-dealkylation sites (tertiary alicyclic amines) is 1. The molecule has 4 heterocycles. The first kappa shape index (κ1) is 20.5. The predicted octanol–water partition coefficient (Wildman–Crippen LogP) is 4.26. The molecule has 1 aliphatic heterocycles. The maximum atomic E-state index is 13.5. The maximum Gasteiger partial charge on any atom is 0.417 e. The summed E-state index contributed by atoms with van der Waals surface area (Å²) in [5, 5.41) is 3.14. The summed E-state index contributed by atoms with van der Waals surface area (Å²) < 4.78 is 43.7. The third-order valence-corrected chi connectivity index (χ3v) is 6.31. The fraction of sp³-hybridized carbons (Fsp3) is 0.364. The van der Waals surface area contributed by atoms with E-state index in [-0.39, 0.29) is 11.6 Å². The highest BCUT2D eigenvalue weighted by Crippen LogP contribution is 2.47. The molecule has 1 amide bonds. The average Bonchev–Trinajstić information content (AvgIpc) is 3.54. The number of nitrogens with one attached hydrogen (secondary N) is 1. The van der Waals surface area contributed by atoms with Crippen LogP contribution in [0.2, 0.25) is 0 Å². The van der Waals surface area contributed by atoms with Gasteiger partial charge in [-0.2, -0.15) is 13.2 Å². The zero-order valence-corrected chi connectivity index (χ0v) is 17.0. The fourth-order valence-corrected chi connectivity index (χ4v) is 4.78. The number of anilines is 1. The monoisotopic (exact) mass is 443 g/mol. The lowest BCUT2D eigenvalue weighted by atomic mass is 9.95. The Labute approximate surface area is 181 Å². The number of hydrogen-bond acceptors (Lipinski definition) is 6. The van der Waals surface area contributed by atoms with Crippen molar-refractivity contribution in [2.24, 2.45) is 5.92 Å². The molecule has 2 aliphatic rings. The molecular weight excluding hydrogens is 423 g/mol. The number of oxazole rings is 1. The van der Waals surface area contributed by atoms with E-state index in [0.717, 1.165) is 31.5 Å². The molecule has 5 rings (SSSR count). The first-order valence-electron chi connectivity index (χ1n) is 10.3. The predicted molar refractivity (Wildman–Crippen MR) is 109 cm³/mol. The molecule has 0 spiro atoms. The van der Waals surface area contributed by atoms with Gasteiger partial charge in [0.25, 0.3) is 5.91 Å². The SMILES string of the molecule is O=C(c1ncccc1-c1ncco1)N1CC2CCC1(CNc1ccc(C(F)(F)F)cn1)C2. The van der Waals surface area contributed by atoms with Gasteiger partial charge in [0.15, 0.2) is 0 Å². The van der Waals surface area contributed by atoms with E-state index < -0.39 is 17.3 Å². The number of aromatic nitrogens is 3. The van der Waals surface area contributed by atoms with Crippen molar-refractivity contribution in [2.45, 2.75) is 31.0 Å². The van der Waals surface area contributed by atoms with Crippen molar-refractivity contribution in [3.8, 4) is 11.5 Å². The first-order valence-corrected chi connectivity index (χ1v) is 10.3. The number of piperidine rings is 1. The van der Waals surface area contributed by atoms with Crippen molar-refractivity contribution in [3.05, 3.63) is 60.4 Å². The largest absolute Gasteiger partial charge is 0.444 e. The van der Waals surface area contributed by atoms with Crippen LogP contribution in [0.4, 0.5) is 19.0 Å². The molecule has 2 unspecified atom stereocenters. The molecule has 3 aromatic rings. The number of amides is 1. The number of carbonyl (C=O) groups excluding carboxylic acids is 1. The van der Waals surface area contributed by atoms with E-state index in [9.17, 15) is 18.0 Å². The van der Waals surface area contributed by atoms with E-state index in [1.54, 1.807) is 18.3 Å². The highest BCUT2D eigenvalue weighted by atomic mass is 19.4. The molecule has 32 heavy (non-hydrogen) atoms. The number of rotatable bonds is 5. The zero-order valence-electron chi connectivity index (χ0n) is 17.0. The molecule has 2 bridgehead atoms. The number of halogens is 3. The van der Waals surface area contributed by atoms with Gasteiger partial charge in [-0.3, -0.25) is 9.78 Å². The van der Waals surface area contributed by atoms with Crippen molar-refractivity contribution in [1.29, 1.82) is 0 Å². The number of hydrogen-bond donors (Lipinski definition) is 1. The Kier molecular flexibility index (Phi) is 4.87. The van der Waals surface area contributed by atoms with E-state index in [0.29, 0.717) is 36.3 Å². The summed E-state index contributed by atoms with van der Waals surface area (Å²) in [6.45, 7) is 1.01. The Hall–Kier alpha value is -3.43. The second-order valence-corrected chi connectivity index (χ2v) is 8.27. The number of carbonyl (C=O) groups is 1. The Morgan fingerprint density at radius 1 is 1.22 bits per heavy atom. The molecule has 10 heteroatoms. The van der Waals surface area contributed by atoms with Gasteiger partial charge in [0.05, 0.1) is 22.9 Å².